The van der Waals surface area contributed by atoms with Crippen LogP contribution in [0.2, 0.25) is 0 Å². The quantitative estimate of drug-likeness (QED) is 0.726. The predicted octanol–water partition coefficient (Wildman–Crippen LogP) is 0.165. The Morgan fingerprint density at radius 1 is 1.05 bits per heavy atom. The number of nitrogens with one attached hydrogen (secondary N) is 2. The van der Waals surface area contributed by atoms with Crippen LogP contribution in [0.25, 0.3) is 10.8 Å². The third-order valence-electron chi connectivity index (χ3n) is 2.74. The van der Waals surface area contributed by atoms with Crippen LogP contribution >= 0.6 is 0 Å². The van der Waals surface area contributed by atoms with E-state index in [2.05, 4.69) is 15.6 Å². The third kappa shape index (κ3) is 3.75. The molecule has 0 saturated carbocycles. The number of benzene rings is 1. The van der Waals surface area contributed by atoms with E-state index in [0.717, 1.165) is 5.39 Å². The lowest BCUT2D eigenvalue weighted by molar-refractivity contribution is -0.137. The van der Waals surface area contributed by atoms with E-state index in [1.165, 1.54) is 6.20 Å². The number of rotatable bonds is 5. The van der Waals surface area contributed by atoms with Crippen LogP contribution in [-0.4, -0.2) is 41.0 Å². The van der Waals surface area contributed by atoms with Crippen molar-refractivity contribution in [1.29, 1.82) is 0 Å². The molecule has 0 aliphatic rings. The maximum absolute atomic E-state index is 12.0. The van der Waals surface area contributed by atoms with Crippen molar-refractivity contribution in [3.05, 3.63) is 42.2 Å². The van der Waals surface area contributed by atoms with Crippen LogP contribution in [0.15, 0.2) is 36.5 Å². The van der Waals surface area contributed by atoms with Gasteiger partial charge in [-0.3, -0.25) is 19.4 Å². The summed E-state index contributed by atoms with van der Waals surface area (Å²) in [4.78, 5) is 37.7. The van der Waals surface area contributed by atoms with Crippen LogP contribution in [-0.2, 0) is 9.59 Å². The van der Waals surface area contributed by atoms with Gasteiger partial charge in [-0.2, -0.15) is 0 Å². The highest BCUT2D eigenvalue weighted by Crippen LogP contribution is 2.15. The van der Waals surface area contributed by atoms with Crippen LogP contribution in [0.3, 0.4) is 0 Å². The molecular formula is C14H13N3O4. The van der Waals surface area contributed by atoms with E-state index in [0.29, 0.717) is 5.39 Å². The molecule has 0 aliphatic carbocycles. The van der Waals surface area contributed by atoms with Crippen LogP contribution in [0, 0.1) is 0 Å². The van der Waals surface area contributed by atoms with Gasteiger partial charge in [0.25, 0.3) is 5.91 Å². The average molecular weight is 287 g/mol. The fraction of sp³-hybridized carbons (Fsp3) is 0.143. The summed E-state index contributed by atoms with van der Waals surface area (Å²) in [7, 11) is 0. The number of pyridine rings is 1. The second kappa shape index (κ2) is 6.47. The van der Waals surface area contributed by atoms with Crippen molar-refractivity contribution in [3.63, 3.8) is 0 Å². The number of carbonyl (C=O) groups excluding carboxylic acids is 2. The molecule has 2 rings (SSSR count). The molecule has 0 fully saturated rings. The zero-order valence-corrected chi connectivity index (χ0v) is 11.0. The molecule has 0 unspecified atom stereocenters. The Morgan fingerprint density at radius 2 is 1.81 bits per heavy atom. The third-order valence-corrected chi connectivity index (χ3v) is 2.74. The molecule has 0 saturated heterocycles. The summed E-state index contributed by atoms with van der Waals surface area (Å²) in [6.07, 6.45) is 1.52. The molecule has 1 aromatic carbocycles. The van der Waals surface area contributed by atoms with Gasteiger partial charge in [-0.05, 0) is 11.5 Å². The van der Waals surface area contributed by atoms with Gasteiger partial charge in [0, 0.05) is 11.6 Å². The van der Waals surface area contributed by atoms with Crippen LogP contribution < -0.4 is 10.6 Å². The number of carbonyl (C=O) groups is 3. The number of hydrogen-bond donors (Lipinski definition) is 3. The first-order valence-electron chi connectivity index (χ1n) is 6.18. The Kier molecular flexibility index (Phi) is 4.45. The van der Waals surface area contributed by atoms with E-state index >= 15 is 0 Å². The number of nitrogens with zero attached hydrogens (tertiary/aromatic N) is 1. The molecule has 2 aromatic rings. The summed E-state index contributed by atoms with van der Waals surface area (Å²) >= 11 is 0. The molecule has 0 spiro atoms. The van der Waals surface area contributed by atoms with Crippen molar-refractivity contribution in [3.8, 4) is 0 Å². The maximum Gasteiger partial charge on any atom is 0.322 e. The van der Waals surface area contributed by atoms with E-state index < -0.39 is 24.3 Å². The van der Waals surface area contributed by atoms with Crippen LogP contribution in [0.1, 0.15) is 10.5 Å². The summed E-state index contributed by atoms with van der Waals surface area (Å²) in [5.41, 5.74) is 0.221. The summed E-state index contributed by atoms with van der Waals surface area (Å²) in [5, 5.41) is 14.5. The van der Waals surface area contributed by atoms with Gasteiger partial charge in [-0.25, -0.2) is 0 Å². The standard InChI is InChI=1S/C14H13N3O4/c18-11(16-8-12(19)20)7-17-14(21)13-10-4-2-1-3-9(10)5-6-15-13/h1-6H,7-8H2,(H,16,18)(H,17,21)(H,19,20). The number of carboxylic acid groups (broad SMARTS) is 1. The monoisotopic (exact) mass is 287 g/mol. The highest BCUT2D eigenvalue weighted by Gasteiger charge is 2.12. The lowest BCUT2D eigenvalue weighted by Gasteiger charge is -2.07. The number of carboxylic acids is 1. The smallest absolute Gasteiger partial charge is 0.322 e. The van der Waals surface area contributed by atoms with Gasteiger partial charge in [0.1, 0.15) is 12.2 Å². The van der Waals surface area contributed by atoms with Crippen molar-refractivity contribution < 1.29 is 19.5 Å². The van der Waals surface area contributed by atoms with E-state index in [-0.39, 0.29) is 12.2 Å². The summed E-state index contributed by atoms with van der Waals surface area (Å²) < 4.78 is 0. The minimum Gasteiger partial charge on any atom is -0.480 e. The van der Waals surface area contributed by atoms with Gasteiger partial charge in [-0.15, -0.1) is 0 Å². The molecule has 0 aliphatic heterocycles. The normalized spacial score (nSPS) is 10.1. The van der Waals surface area contributed by atoms with Gasteiger partial charge in [0.05, 0.1) is 6.54 Å². The minimum absolute atomic E-state index is 0.221. The van der Waals surface area contributed by atoms with Crippen molar-refractivity contribution in [2.24, 2.45) is 0 Å². The number of aromatic nitrogens is 1. The molecule has 1 heterocycles. The highest BCUT2D eigenvalue weighted by atomic mass is 16.4. The van der Waals surface area contributed by atoms with Gasteiger partial charge >= 0.3 is 5.97 Å². The molecule has 7 nitrogen and oxygen atoms in total. The second-order valence-electron chi connectivity index (χ2n) is 4.23. The molecule has 21 heavy (non-hydrogen) atoms. The first-order valence-corrected chi connectivity index (χ1v) is 6.18. The summed E-state index contributed by atoms with van der Waals surface area (Å²) in [6.45, 7) is -0.793. The molecule has 108 valence electrons. The van der Waals surface area contributed by atoms with E-state index in [9.17, 15) is 14.4 Å². The molecule has 1 aromatic heterocycles. The number of hydrogen-bond acceptors (Lipinski definition) is 4. The lowest BCUT2D eigenvalue weighted by Crippen LogP contribution is -2.39. The van der Waals surface area contributed by atoms with Gasteiger partial charge in [0.2, 0.25) is 5.91 Å². The van der Waals surface area contributed by atoms with E-state index in [1.54, 1.807) is 18.2 Å². The second-order valence-corrected chi connectivity index (χ2v) is 4.23. The Balaban J connectivity index is 2.03. The van der Waals surface area contributed by atoms with Crippen LogP contribution in [0.5, 0.6) is 0 Å². The Hall–Kier alpha value is -2.96. The predicted molar refractivity (Wildman–Crippen MR) is 74.7 cm³/mol. The largest absolute Gasteiger partial charge is 0.480 e. The molecule has 7 heteroatoms. The van der Waals surface area contributed by atoms with E-state index in [4.69, 9.17) is 5.11 Å². The maximum atomic E-state index is 12.0. The Bertz CT molecular complexity index is 694. The zero-order chi connectivity index (χ0) is 15.2. The molecule has 0 radical (unpaired) electrons. The molecule has 3 N–H and O–H groups in total. The number of fused-ring (bicyclic) bond motifs is 1. The first-order chi connectivity index (χ1) is 10.1. The number of amides is 2. The fourth-order valence-electron chi connectivity index (χ4n) is 1.78. The zero-order valence-electron chi connectivity index (χ0n) is 11.0. The Morgan fingerprint density at radius 3 is 2.57 bits per heavy atom. The summed E-state index contributed by atoms with van der Waals surface area (Å²) in [5.74, 6) is -2.21. The SMILES string of the molecule is O=C(O)CNC(=O)CNC(=O)c1nccc2ccccc12. The average Bonchev–Trinajstić information content (AvgIpc) is 2.50. The van der Waals surface area contributed by atoms with Crippen LogP contribution in [0.4, 0.5) is 0 Å². The lowest BCUT2D eigenvalue weighted by atomic mass is 10.1. The van der Waals surface area contributed by atoms with Gasteiger partial charge in [-0.1, -0.05) is 24.3 Å². The van der Waals surface area contributed by atoms with Crippen molar-refractivity contribution in [1.82, 2.24) is 15.6 Å². The van der Waals surface area contributed by atoms with Crippen molar-refractivity contribution in [2.75, 3.05) is 13.1 Å². The number of aliphatic carboxylic acids is 1. The van der Waals surface area contributed by atoms with Gasteiger partial charge < -0.3 is 15.7 Å². The van der Waals surface area contributed by atoms with Crippen molar-refractivity contribution >= 4 is 28.6 Å². The van der Waals surface area contributed by atoms with E-state index in [1.807, 2.05) is 12.1 Å². The first kappa shape index (κ1) is 14.4. The Labute approximate surface area is 120 Å². The summed E-state index contributed by atoms with van der Waals surface area (Å²) in [6, 6.07) is 9.05. The molecule has 0 bridgehead atoms. The molecule has 0 atom stereocenters. The highest BCUT2D eigenvalue weighted by molar-refractivity contribution is 6.06. The molecular weight excluding hydrogens is 274 g/mol. The van der Waals surface area contributed by atoms with Gasteiger partial charge in [0.15, 0.2) is 0 Å². The topological polar surface area (TPSA) is 108 Å². The van der Waals surface area contributed by atoms with Crippen molar-refractivity contribution in [2.45, 2.75) is 0 Å². The minimum atomic E-state index is -1.15. The molecule has 2 amide bonds. The fourth-order valence-corrected chi connectivity index (χ4v) is 1.78.